The van der Waals surface area contributed by atoms with Gasteiger partial charge in [0.2, 0.25) is 0 Å². The van der Waals surface area contributed by atoms with Crippen LogP contribution in [0.2, 0.25) is 5.02 Å². The third kappa shape index (κ3) is 3.40. The van der Waals surface area contributed by atoms with E-state index in [0.717, 1.165) is 17.7 Å². The number of amides is 1. The molecule has 4 rings (SSSR count). The van der Waals surface area contributed by atoms with Crippen molar-refractivity contribution in [3.05, 3.63) is 62.8 Å². The lowest BCUT2D eigenvalue weighted by Crippen LogP contribution is -2.36. The quantitative estimate of drug-likeness (QED) is 0.476. The van der Waals surface area contributed by atoms with Gasteiger partial charge in [0.05, 0.1) is 17.7 Å². The monoisotopic (exact) mass is 403 g/mol. The zero-order chi connectivity index (χ0) is 19.0. The highest BCUT2D eigenvalue weighted by atomic mass is 35.5. The zero-order valence-electron chi connectivity index (χ0n) is 14.4. The molecule has 5 nitrogen and oxygen atoms in total. The Hall–Kier alpha value is -2.15. The largest absolute Gasteiger partial charge is 0.507 e. The average molecular weight is 404 g/mol. The van der Waals surface area contributed by atoms with Crippen LogP contribution in [0.25, 0.3) is 5.76 Å². The number of aliphatic hydroxyl groups is 1. The Kier molecular flexibility index (Phi) is 5.04. The molecule has 1 aromatic heterocycles. The molecule has 2 aliphatic rings. The van der Waals surface area contributed by atoms with Crippen LogP contribution in [-0.4, -0.2) is 41.0 Å². The van der Waals surface area contributed by atoms with E-state index in [1.54, 1.807) is 24.3 Å². The fourth-order valence-corrected chi connectivity index (χ4v) is 4.55. The van der Waals surface area contributed by atoms with Crippen LogP contribution >= 0.6 is 22.9 Å². The summed E-state index contributed by atoms with van der Waals surface area (Å²) in [6.07, 6.45) is 1.72. The molecule has 2 fully saturated rings. The average Bonchev–Trinajstić information content (AvgIpc) is 3.40. The Balaban J connectivity index is 1.78. The number of carbonyl (C=O) groups excluding carboxylic acids is 2. The van der Waals surface area contributed by atoms with Crippen molar-refractivity contribution in [3.63, 3.8) is 0 Å². The second-order valence-corrected chi connectivity index (χ2v) is 8.02. The normalized spacial score (nSPS) is 24.7. The van der Waals surface area contributed by atoms with E-state index in [2.05, 4.69) is 0 Å². The standard InChI is InChI=1S/C20H18ClNO4S/c21-13-7-5-12(6-8-13)18(23)16-17(15-4-2-10-27-15)22(20(25)19(16)24)11-14-3-1-9-26-14/h2,4-8,10,14,17,23H,1,3,9,11H2/t14-,17-/m1/s1. The molecule has 1 amide bonds. The fraction of sp³-hybridized carbons (Fsp3) is 0.300. The maximum absolute atomic E-state index is 12.8. The topological polar surface area (TPSA) is 66.8 Å². The number of rotatable bonds is 4. The number of Topliss-reactive ketones (excluding diaryl/α,β-unsaturated/α-hetero) is 1. The van der Waals surface area contributed by atoms with Gasteiger partial charge >= 0.3 is 0 Å². The first kappa shape index (κ1) is 18.2. The van der Waals surface area contributed by atoms with E-state index in [1.807, 2.05) is 17.5 Å². The number of halogens is 1. The van der Waals surface area contributed by atoms with Crippen LogP contribution in [0.1, 0.15) is 29.3 Å². The summed E-state index contributed by atoms with van der Waals surface area (Å²) in [7, 11) is 0. The van der Waals surface area contributed by atoms with Gasteiger partial charge in [-0.2, -0.15) is 0 Å². The molecule has 0 unspecified atom stereocenters. The highest BCUT2D eigenvalue weighted by molar-refractivity contribution is 7.10. The highest BCUT2D eigenvalue weighted by Gasteiger charge is 2.47. The summed E-state index contributed by atoms with van der Waals surface area (Å²) in [5, 5.41) is 13.3. The number of ketones is 1. The molecule has 2 aromatic rings. The third-order valence-corrected chi connectivity index (χ3v) is 6.07. The van der Waals surface area contributed by atoms with Gasteiger partial charge in [-0.25, -0.2) is 0 Å². The van der Waals surface area contributed by atoms with Crippen LogP contribution in [-0.2, 0) is 14.3 Å². The summed E-state index contributed by atoms with van der Waals surface area (Å²) in [4.78, 5) is 27.9. The minimum Gasteiger partial charge on any atom is -0.507 e. The van der Waals surface area contributed by atoms with Gasteiger partial charge in [0.1, 0.15) is 5.76 Å². The number of benzene rings is 1. The number of thiophene rings is 1. The van der Waals surface area contributed by atoms with E-state index >= 15 is 0 Å². The number of ether oxygens (including phenoxy) is 1. The van der Waals surface area contributed by atoms with Crippen LogP contribution < -0.4 is 0 Å². The molecular weight excluding hydrogens is 386 g/mol. The first-order valence-corrected chi connectivity index (χ1v) is 10.0. The number of likely N-dealkylation sites (tertiary alicyclic amines) is 1. The molecule has 1 aromatic carbocycles. The van der Waals surface area contributed by atoms with Crippen LogP contribution in [0.4, 0.5) is 0 Å². The van der Waals surface area contributed by atoms with Crippen molar-refractivity contribution >= 4 is 40.4 Å². The predicted molar refractivity (Wildman–Crippen MR) is 104 cm³/mol. The third-order valence-electron chi connectivity index (χ3n) is 4.89. The minimum absolute atomic E-state index is 0.0822. The van der Waals surface area contributed by atoms with E-state index in [1.165, 1.54) is 16.2 Å². The summed E-state index contributed by atoms with van der Waals surface area (Å²) in [5.74, 6) is -1.45. The van der Waals surface area contributed by atoms with Crippen molar-refractivity contribution in [1.82, 2.24) is 4.90 Å². The van der Waals surface area contributed by atoms with E-state index in [0.29, 0.717) is 23.7 Å². The Bertz CT molecular complexity index is 885. The molecule has 7 heteroatoms. The molecule has 0 saturated carbocycles. The van der Waals surface area contributed by atoms with E-state index in [4.69, 9.17) is 16.3 Å². The smallest absolute Gasteiger partial charge is 0.295 e. The molecular formula is C20H18ClNO4S. The van der Waals surface area contributed by atoms with Crippen molar-refractivity contribution in [3.8, 4) is 0 Å². The van der Waals surface area contributed by atoms with Gasteiger partial charge in [-0.05, 0) is 48.6 Å². The van der Waals surface area contributed by atoms with E-state index in [-0.39, 0.29) is 17.4 Å². The Morgan fingerprint density at radius 3 is 2.67 bits per heavy atom. The van der Waals surface area contributed by atoms with Crippen molar-refractivity contribution in [2.24, 2.45) is 0 Å². The highest BCUT2D eigenvalue weighted by Crippen LogP contribution is 2.41. The number of hydrogen-bond donors (Lipinski definition) is 1. The van der Waals surface area contributed by atoms with Crippen LogP contribution in [0.5, 0.6) is 0 Å². The summed E-state index contributed by atoms with van der Waals surface area (Å²) in [6.45, 7) is 1.01. The SMILES string of the molecule is O=C1C(=O)N(C[C@H]2CCCO2)[C@H](c2cccs2)C1=C(O)c1ccc(Cl)cc1. The molecule has 2 saturated heterocycles. The Morgan fingerprint density at radius 2 is 2.04 bits per heavy atom. The van der Waals surface area contributed by atoms with Crippen LogP contribution in [0.15, 0.2) is 47.4 Å². The maximum Gasteiger partial charge on any atom is 0.295 e. The van der Waals surface area contributed by atoms with Crippen LogP contribution in [0.3, 0.4) is 0 Å². The zero-order valence-corrected chi connectivity index (χ0v) is 16.0. The second kappa shape index (κ2) is 7.46. The second-order valence-electron chi connectivity index (χ2n) is 6.61. The molecule has 140 valence electrons. The van der Waals surface area contributed by atoms with Gasteiger partial charge in [0.25, 0.3) is 11.7 Å². The molecule has 0 bridgehead atoms. The number of nitrogens with zero attached hydrogens (tertiary/aromatic N) is 1. The lowest BCUT2D eigenvalue weighted by Gasteiger charge is -2.26. The van der Waals surface area contributed by atoms with E-state index < -0.39 is 17.7 Å². The molecule has 2 atom stereocenters. The first-order chi connectivity index (χ1) is 13.1. The molecule has 2 aliphatic heterocycles. The van der Waals surface area contributed by atoms with Gasteiger partial charge < -0.3 is 14.7 Å². The van der Waals surface area contributed by atoms with Gasteiger partial charge in [-0.3, -0.25) is 9.59 Å². The summed E-state index contributed by atoms with van der Waals surface area (Å²) < 4.78 is 5.66. The molecule has 3 heterocycles. The number of hydrogen-bond acceptors (Lipinski definition) is 5. The fourth-order valence-electron chi connectivity index (χ4n) is 3.58. The summed E-state index contributed by atoms with van der Waals surface area (Å²) in [6, 6.07) is 9.68. The summed E-state index contributed by atoms with van der Waals surface area (Å²) in [5.41, 5.74) is 0.568. The lowest BCUT2D eigenvalue weighted by molar-refractivity contribution is -0.140. The Morgan fingerprint density at radius 1 is 1.26 bits per heavy atom. The maximum atomic E-state index is 12.8. The van der Waals surface area contributed by atoms with Gasteiger partial charge in [-0.15, -0.1) is 11.3 Å². The lowest BCUT2D eigenvalue weighted by atomic mass is 10.00. The molecule has 1 N–H and O–H groups in total. The first-order valence-electron chi connectivity index (χ1n) is 8.75. The molecule has 27 heavy (non-hydrogen) atoms. The molecule has 0 radical (unpaired) electrons. The van der Waals surface area contributed by atoms with Crippen molar-refractivity contribution < 1.29 is 19.4 Å². The van der Waals surface area contributed by atoms with Crippen molar-refractivity contribution in [2.45, 2.75) is 25.0 Å². The Labute approximate surface area is 165 Å². The summed E-state index contributed by atoms with van der Waals surface area (Å²) >= 11 is 7.37. The number of aliphatic hydroxyl groups excluding tert-OH is 1. The van der Waals surface area contributed by atoms with Crippen molar-refractivity contribution in [2.75, 3.05) is 13.2 Å². The van der Waals surface area contributed by atoms with Gasteiger partial charge in [-0.1, -0.05) is 17.7 Å². The minimum atomic E-state index is -0.668. The molecule has 0 aliphatic carbocycles. The molecule has 0 spiro atoms. The van der Waals surface area contributed by atoms with Gasteiger partial charge in [0.15, 0.2) is 0 Å². The van der Waals surface area contributed by atoms with Crippen LogP contribution in [0, 0.1) is 0 Å². The van der Waals surface area contributed by atoms with E-state index in [9.17, 15) is 14.7 Å². The van der Waals surface area contributed by atoms with Gasteiger partial charge in [0, 0.05) is 28.6 Å². The van der Waals surface area contributed by atoms with Crippen molar-refractivity contribution in [1.29, 1.82) is 0 Å². The number of carbonyl (C=O) groups is 2. The predicted octanol–water partition coefficient (Wildman–Crippen LogP) is 4.00.